The van der Waals surface area contributed by atoms with Crippen molar-refractivity contribution in [1.29, 1.82) is 0 Å². The van der Waals surface area contributed by atoms with Gasteiger partial charge in [0.1, 0.15) is 0 Å². The minimum atomic E-state index is -0.105. The maximum atomic E-state index is 4.99. The lowest BCUT2D eigenvalue weighted by molar-refractivity contribution is -0.0986. The van der Waals surface area contributed by atoms with Crippen molar-refractivity contribution in [2.24, 2.45) is 0 Å². The van der Waals surface area contributed by atoms with Gasteiger partial charge in [-0.3, -0.25) is 0 Å². The zero-order valence-corrected chi connectivity index (χ0v) is 9.14. The molecule has 13 heavy (non-hydrogen) atoms. The first-order valence-corrected chi connectivity index (χ1v) is 4.61. The molecule has 0 aliphatic carbocycles. The zero-order valence-electron chi connectivity index (χ0n) is 9.14. The van der Waals surface area contributed by atoms with Crippen molar-refractivity contribution in [1.82, 2.24) is 5.32 Å². The Morgan fingerprint density at radius 1 is 1.23 bits per heavy atom. The summed E-state index contributed by atoms with van der Waals surface area (Å²) in [5.41, 5.74) is 0. The van der Waals surface area contributed by atoms with Crippen LogP contribution in [0.4, 0.5) is 0 Å². The van der Waals surface area contributed by atoms with Crippen LogP contribution < -0.4 is 5.32 Å². The molecule has 0 spiro atoms. The van der Waals surface area contributed by atoms with Crippen molar-refractivity contribution >= 4 is 0 Å². The Morgan fingerprint density at radius 3 is 2.15 bits per heavy atom. The molecule has 0 aliphatic rings. The van der Waals surface area contributed by atoms with Crippen molar-refractivity contribution < 1.29 is 9.47 Å². The lowest BCUT2D eigenvalue weighted by atomic mass is 10.3. The van der Waals surface area contributed by atoms with Gasteiger partial charge in [0.25, 0.3) is 0 Å². The van der Waals surface area contributed by atoms with E-state index in [0.29, 0.717) is 0 Å². The standard InChI is InChI=1S/C8H19NO2.C2H4/c1-4-5-6-9-7-8(10-2)11-3;1-2/h8-9H,4-7H2,1-3H3;1-2H2. The van der Waals surface area contributed by atoms with Gasteiger partial charge in [-0.2, -0.15) is 0 Å². The SMILES string of the molecule is C=C.CCCCNCC(OC)OC. The fourth-order valence-electron chi connectivity index (χ4n) is 0.785. The van der Waals surface area contributed by atoms with E-state index >= 15 is 0 Å². The minimum Gasteiger partial charge on any atom is -0.355 e. The number of rotatable bonds is 7. The summed E-state index contributed by atoms with van der Waals surface area (Å²) in [6.07, 6.45) is 2.32. The first kappa shape index (κ1) is 15.1. The predicted octanol–water partition coefficient (Wildman–Crippen LogP) is 1.80. The van der Waals surface area contributed by atoms with Gasteiger partial charge in [0.15, 0.2) is 6.29 Å². The number of ether oxygens (including phenoxy) is 2. The summed E-state index contributed by atoms with van der Waals surface area (Å²) in [6.45, 7) is 9.98. The predicted molar refractivity (Wildman–Crippen MR) is 56.8 cm³/mol. The Morgan fingerprint density at radius 2 is 1.77 bits per heavy atom. The minimum absolute atomic E-state index is 0.105. The van der Waals surface area contributed by atoms with E-state index in [2.05, 4.69) is 25.4 Å². The third-order valence-corrected chi connectivity index (χ3v) is 1.54. The third kappa shape index (κ3) is 11.6. The Kier molecular flexibility index (Phi) is 16.5. The van der Waals surface area contributed by atoms with Gasteiger partial charge in [-0.05, 0) is 13.0 Å². The molecule has 3 heteroatoms. The molecule has 0 aromatic rings. The molecule has 0 aromatic heterocycles. The summed E-state index contributed by atoms with van der Waals surface area (Å²) in [7, 11) is 3.30. The number of hydrogen-bond donors (Lipinski definition) is 1. The van der Waals surface area contributed by atoms with Crippen LogP contribution >= 0.6 is 0 Å². The second kappa shape index (κ2) is 14.2. The van der Waals surface area contributed by atoms with Crippen LogP contribution in [0.2, 0.25) is 0 Å². The van der Waals surface area contributed by atoms with Crippen LogP contribution in [0.3, 0.4) is 0 Å². The van der Waals surface area contributed by atoms with E-state index < -0.39 is 0 Å². The highest BCUT2D eigenvalue weighted by atomic mass is 16.7. The molecule has 0 aliphatic heterocycles. The van der Waals surface area contributed by atoms with Crippen molar-refractivity contribution in [2.45, 2.75) is 26.1 Å². The highest BCUT2D eigenvalue weighted by Gasteiger charge is 2.01. The number of methoxy groups -OCH3 is 2. The van der Waals surface area contributed by atoms with Gasteiger partial charge in [0.2, 0.25) is 0 Å². The van der Waals surface area contributed by atoms with E-state index in [0.717, 1.165) is 13.1 Å². The molecule has 0 saturated heterocycles. The lowest BCUT2D eigenvalue weighted by Crippen LogP contribution is -2.30. The first-order chi connectivity index (χ1) is 6.35. The molecule has 0 saturated carbocycles. The number of hydrogen-bond acceptors (Lipinski definition) is 3. The highest BCUT2D eigenvalue weighted by molar-refractivity contribution is 4.49. The van der Waals surface area contributed by atoms with Crippen LogP contribution in [0.1, 0.15) is 19.8 Å². The summed E-state index contributed by atoms with van der Waals surface area (Å²) in [5, 5.41) is 3.24. The molecule has 0 heterocycles. The van der Waals surface area contributed by atoms with Gasteiger partial charge >= 0.3 is 0 Å². The average Bonchev–Trinajstić information content (AvgIpc) is 2.21. The molecule has 3 nitrogen and oxygen atoms in total. The molecular formula is C10H23NO2. The molecule has 0 radical (unpaired) electrons. The van der Waals surface area contributed by atoms with Crippen LogP contribution in [0.5, 0.6) is 0 Å². The van der Waals surface area contributed by atoms with Crippen LogP contribution in [0, 0.1) is 0 Å². The van der Waals surface area contributed by atoms with Gasteiger partial charge in [-0.15, -0.1) is 13.2 Å². The maximum Gasteiger partial charge on any atom is 0.169 e. The largest absolute Gasteiger partial charge is 0.355 e. The van der Waals surface area contributed by atoms with Gasteiger partial charge < -0.3 is 14.8 Å². The normalized spacial score (nSPS) is 9.54. The van der Waals surface area contributed by atoms with Crippen molar-refractivity contribution in [3.8, 4) is 0 Å². The summed E-state index contributed by atoms with van der Waals surface area (Å²) >= 11 is 0. The van der Waals surface area contributed by atoms with E-state index in [1.54, 1.807) is 14.2 Å². The zero-order chi connectivity index (χ0) is 10.5. The quantitative estimate of drug-likeness (QED) is 0.376. The fourth-order valence-corrected chi connectivity index (χ4v) is 0.785. The molecule has 0 unspecified atom stereocenters. The van der Waals surface area contributed by atoms with E-state index in [1.165, 1.54) is 12.8 Å². The molecule has 0 bridgehead atoms. The molecular weight excluding hydrogens is 166 g/mol. The van der Waals surface area contributed by atoms with E-state index in [9.17, 15) is 0 Å². The Labute approximate surface area is 82.1 Å². The molecule has 0 atom stereocenters. The molecule has 80 valence electrons. The summed E-state index contributed by atoms with van der Waals surface area (Å²) in [4.78, 5) is 0. The van der Waals surface area contributed by atoms with Gasteiger partial charge in [0.05, 0.1) is 0 Å². The summed E-state index contributed by atoms with van der Waals surface area (Å²) in [6, 6.07) is 0. The van der Waals surface area contributed by atoms with E-state index in [1.807, 2.05) is 0 Å². The van der Waals surface area contributed by atoms with Crippen LogP contribution in [-0.2, 0) is 9.47 Å². The Hall–Kier alpha value is -0.380. The lowest BCUT2D eigenvalue weighted by Gasteiger charge is -2.13. The van der Waals surface area contributed by atoms with Gasteiger partial charge in [-0.25, -0.2) is 0 Å². The molecule has 0 amide bonds. The monoisotopic (exact) mass is 189 g/mol. The maximum absolute atomic E-state index is 4.99. The Balaban J connectivity index is 0. The second-order valence-electron chi connectivity index (χ2n) is 2.46. The molecule has 0 fully saturated rings. The van der Waals surface area contributed by atoms with Crippen LogP contribution in [-0.4, -0.2) is 33.6 Å². The fraction of sp³-hybridized carbons (Fsp3) is 0.800. The van der Waals surface area contributed by atoms with E-state index in [4.69, 9.17) is 9.47 Å². The molecule has 1 N–H and O–H groups in total. The van der Waals surface area contributed by atoms with Crippen molar-refractivity contribution in [3.63, 3.8) is 0 Å². The highest BCUT2D eigenvalue weighted by Crippen LogP contribution is 1.88. The van der Waals surface area contributed by atoms with Crippen LogP contribution in [0.15, 0.2) is 13.2 Å². The topological polar surface area (TPSA) is 30.5 Å². The van der Waals surface area contributed by atoms with Gasteiger partial charge in [0, 0.05) is 20.8 Å². The van der Waals surface area contributed by atoms with E-state index in [-0.39, 0.29) is 6.29 Å². The molecule has 0 rings (SSSR count). The van der Waals surface area contributed by atoms with Crippen molar-refractivity contribution in [3.05, 3.63) is 13.2 Å². The first-order valence-electron chi connectivity index (χ1n) is 4.61. The average molecular weight is 189 g/mol. The number of unbranched alkanes of at least 4 members (excludes halogenated alkanes) is 1. The summed E-state index contributed by atoms with van der Waals surface area (Å²) in [5.74, 6) is 0. The molecule has 0 aromatic carbocycles. The summed E-state index contributed by atoms with van der Waals surface area (Å²) < 4.78 is 9.99. The van der Waals surface area contributed by atoms with Crippen molar-refractivity contribution in [2.75, 3.05) is 27.3 Å². The second-order valence-corrected chi connectivity index (χ2v) is 2.46. The van der Waals surface area contributed by atoms with Crippen LogP contribution in [0.25, 0.3) is 0 Å². The smallest absolute Gasteiger partial charge is 0.169 e. The Bertz CT molecular complexity index is 85.0. The van der Waals surface area contributed by atoms with Gasteiger partial charge in [-0.1, -0.05) is 13.3 Å². The third-order valence-electron chi connectivity index (χ3n) is 1.54. The number of nitrogens with one attached hydrogen (secondary N) is 1.